The van der Waals surface area contributed by atoms with Gasteiger partial charge in [-0.2, -0.15) is 0 Å². The molecule has 1 fully saturated rings. The van der Waals surface area contributed by atoms with Crippen molar-refractivity contribution in [2.75, 3.05) is 24.7 Å². The third-order valence-electron chi connectivity index (χ3n) is 2.24. The third kappa shape index (κ3) is 4.02. The lowest BCUT2D eigenvalue weighted by Crippen LogP contribution is -2.48. The first-order valence-electron chi connectivity index (χ1n) is 5.32. The summed E-state index contributed by atoms with van der Waals surface area (Å²) in [6.07, 6.45) is 0. The molecular formula is C10H18N2O3S. The molecular weight excluding hydrogens is 228 g/mol. The van der Waals surface area contributed by atoms with Gasteiger partial charge in [-0.15, -0.1) is 11.8 Å². The van der Waals surface area contributed by atoms with Gasteiger partial charge in [-0.05, 0) is 5.92 Å². The molecule has 1 aliphatic rings. The van der Waals surface area contributed by atoms with Crippen molar-refractivity contribution in [1.82, 2.24) is 10.2 Å². The van der Waals surface area contributed by atoms with Gasteiger partial charge < -0.3 is 10.0 Å². The Hall–Kier alpha value is -0.750. The van der Waals surface area contributed by atoms with E-state index in [1.165, 1.54) is 4.90 Å². The van der Waals surface area contributed by atoms with E-state index in [0.717, 1.165) is 11.6 Å². The standard InChI is InChI=1S/C10H18N2O3S/c1-7(2)3-12(4-9(13)14)10(15)8-5-16-6-11-8/h7-8,11H,3-6H2,1-2H3,(H,13,14). The van der Waals surface area contributed by atoms with Crippen LogP contribution >= 0.6 is 11.8 Å². The smallest absolute Gasteiger partial charge is 0.323 e. The van der Waals surface area contributed by atoms with Gasteiger partial charge in [0.15, 0.2) is 0 Å². The minimum atomic E-state index is -0.959. The number of amides is 1. The zero-order valence-electron chi connectivity index (χ0n) is 9.60. The van der Waals surface area contributed by atoms with E-state index < -0.39 is 5.97 Å². The molecule has 1 unspecified atom stereocenters. The minimum absolute atomic E-state index is 0.0962. The first kappa shape index (κ1) is 13.3. The Kier molecular flexibility index (Phi) is 5.08. The van der Waals surface area contributed by atoms with Crippen LogP contribution in [-0.2, 0) is 9.59 Å². The highest BCUT2D eigenvalue weighted by atomic mass is 32.2. The molecule has 6 heteroatoms. The van der Waals surface area contributed by atoms with Crippen LogP contribution in [0.4, 0.5) is 0 Å². The summed E-state index contributed by atoms with van der Waals surface area (Å²) in [5.74, 6) is 0.713. The number of aliphatic carboxylic acids is 1. The fourth-order valence-corrected chi connectivity index (χ4v) is 2.54. The Bertz CT molecular complexity index is 265. The van der Waals surface area contributed by atoms with Crippen molar-refractivity contribution in [3.8, 4) is 0 Å². The quantitative estimate of drug-likeness (QED) is 0.726. The average Bonchev–Trinajstić information content (AvgIpc) is 2.66. The SMILES string of the molecule is CC(C)CN(CC(=O)O)C(=O)C1CSCN1. The predicted octanol–water partition coefficient (Wildman–Crippen LogP) is 0.218. The summed E-state index contributed by atoms with van der Waals surface area (Å²) >= 11 is 1.66. The molecule has 0 bridgehead atoms. The van der Waals surface area contributed by atoms with Crippen LogP contribution in [0.3, 0.4) is 0 Å². The highest BCUT2D eigenvalue weighted by Gasteiger charge is 2.28. The van der Waals surface area contributed by atoms with Crippen molar-refractivity contribution in [3.05, 3.63) is 0 Å². The second kappa shape index (κ2) is 6.10. The maximum Gasteiger partial charge on any atom is 0.323 e. The monoisotopic (exact) mass is 246 g/mol. The van der Waals surface area contributed by atoms with Crippen LogP contribution in [0.2, 0.25) is 0 Å². The molecule has 1 rings (SSSR count). The Morgan fingerprint density at radius 2 is 2.25 bits per heavy atom. The lowest BCUT2D eigenvalue weighted by molar-refractivity contribution is -0.145. The van der Waals surface area contributed by atoms with E-state index in [4.69, 9.17) is 5.11 Å². The first-order valence-corrected chi connectivity index (χ1v) is 6.48. The Balaban J connectivity index is 2.58. The molecule has 16 heavy (non-hydrogen) atoms. The van der Waals surface area contributed by atoms with E-state index in [0.29, 0.717) is 6.54 Å². The second-order valence-electron chi connectivity index (χ2n) is 4.28. The average molecular weight is 246 g/mol. The van der Waals surface area contributed by atoms with Crippen LogP contribution < -0.4 is 5.32 Å². The molecule has 0 radical (unpaired) electrons. The lowest BCUT2D eigenvalue weighted by atomic mass is 10.2. The van der Waals surface area contributed by atoms with Gasteiger partial charge in [-0.25, -0.2) is 0 Å². The van der Waals surface area contributed by atoms with Crippen LogP contribution in [0.15, 0.2) is 0 Å². The summed E-state index contributed by atoms with van der Waals surface area (Å²) in [6.45, 7) is 4.23. The number of nitrogens with zero attached hydrogens (tertiary/aromatic N) is 1. The number of hydrogen-bond donors (Lipinski definition) is 2. The summed E-state index contributed by atoms with van der Waals surface area (Å²) in [7, 11) is 0. The Morgan fingerprint density at radius 1 is 1.56 bits per heavy atom. The van der Waals surface area contributed by atoms with E-state index in [-0.39, 0.29) is 24.4 Å². The van der Waals surface area contributed by atoms with Gasteiger partial charge in [0.1, 0.15) is 6.54 Å². The molecule has 0 aromatic heterocycles. The summed E-state index contributed by atoms with van der Waals surface area (Å²) in [5.41, 5.74) is 0. The molecule has 0 aromatic rings. The summed E-state index contributed by atoms with van der Waals surface area (Å²) in [4.78, 5) is 24.1. The van der Waals surface area contributed by atoms with Crippen molar-refractivity contribution in [2.24, 2.45) is 5.92 Å². The molecule has 1 aliphatic heterocycles. The summed E-state index contributed by atoms with van der Waals surface area (Å²) < 4.78 is 0. The predicted molar refractivity (Wildman–Crippen MR) is 63.3 cm³/mol. The summed E-state index contributed by atoms with van der Waals surface area (Å²) in [5, 5.41) is 11.8. The van der Waals surface area contributed by atoms with Gasteiger partial charge in [0, 0.05) is 18.2 Å². The van der Waals surface area contributed by atoms with Gasteiger partial charge in [0.25, 0.3) is 0 Å². The van der Waals surface area contributed by atoms with Gasteiger partial charge in [-0.3, -0.25) is 14.9 Å². The number of rotatable bonds is 5. The molecule has 0 spiro atoms. The number of hydrogen-bond acceptors (Lipinski definition) is 4. The van der Waals surface area contributed by atoms with E-state index in [9.17, 15) is 9.59 Å². The molecule has 1 amide bonds. The van der Waals surface area contributed by atoms with Gasteiger partial charge in [0.2, 0.25) is 5.91 Å². The van der Waals surface area contributed by atoms with Crippen LogP contribution in [0.5, 0.6) is 0 Å². The topological polar surface area (TPSA) is 69.6 Å². The van der Waals surface area contributed by atoms with Crippen LogP contribution in [-0.4, -0.2) is 52.6 Å². The van der Waals surface area contributed by atoms with Crippen LogP contribution in [0.1, 0.15) is 13.8 Å². The van der Waals surface area contributed by atoms with Crippen LogP contribution in [0, 0.1) is 5.92 Å². The molecule has 1 heterocycles. The van der Waals surface area contributed by atoms with Gasteiger partial charge in [-0.1, -0.05) is 13.8 Å². The molecule has 1 saturated heterocycles. The van der Waals surface area contributed by atoms with E-state index in [2.05, 4.69) is 5.32 Å². The summed E-state index contributed by atoms with van der Waals surface area (Å²) in [6, 6.07) is -0.219. The van der Waals surface area contributed by atoms with Crippen molar-refractivity contribution >= 4 is 23.6 Å². The number of nitrogens with one attached hydrogen (secondary N) is 1. The lowest BCUT2D eigenvalue weighted by Gasteiger charge is -2.25. The van der Waals surface area contributed by atoms with Crippen molar-refractivity contribution in [1.29, 1.82) is 0 Å². The minimum Gasteiger partial charge on any atom is -0.480 e. The fraction of sp³-hybridized carbons (Fsp3) is 0.800. The number of carboxylic acid groups (broad SMARTS) is 1. The van der Waals surface area contributed by atoms with E-state index >= 15 is 0 Å². The highest BCUT2D eigenvalue weighted by Crippen LogP contribution is 2.12. The van der Waals surface area contributed by atoms with Gasteiger partial charge >= 0.3 is 5.97 Å². The third-order valence-corrected chi connectivity index (χ3v) is 3.18. The Labute approximate surface area is 99.6 Å². The van der Waals surface area contributed by atoms with E-state index in [1.807, 2.05) is 13.8 Å². The fourth-order valence-electron chi connectivity index (χ4n) is 1.61. The molecule has 2 N–H and O–H groups in total. The number of thioether (sulfide) groups is 1. The number of carbonyl (C=O) groups is 2. The zero-order chi connectivity index (χ0) is 12.1. The largest absolute Gasteiger partial charge is 0.480 e. The first-order chi connectivity index (χ1) is 7.50. The second-order valence-corrected chi connectivity index (χ2v) is 5.31. The molecule has 0 aliphatic carbocycles. The zero-order valence-corrected chi connectivity index (χ0v) is 10.4. The Morgan fingerprint density at radius 3 is 2.69 bits per heavy atom. The van der Waals surface area contributed by atoms with Crippen molar-refractivity contribution in [3.63, 3.8) is 0 Å². The maximum atomic E-state index is 12.0. The molecule has 0 saturated carbocycles. The van der Waals surface area contributed by atoms with Crippen LogP contribution in [0.25, 0.3) is 0 Å². The maximum absolute atomic E-state index is 12.0. The van der Waals surface area contributed by atoms with Crippen molar-refractivity contribution in [2.45, 2.75) is 19.9 Å². The number of carboxylic acids is 1. The normalized spacial score (nSPS) is 20.1. The molecule has 5 nitrogen and oxygen atoms in total. The van der Waals surface area contributed by atoms with Gasteiger partial charge in [0.05, 0.1) is 6.04 Å². The van der Waals surface area contributed by atoms with Crippen molar-refractivity contribution < 1.29 is 14.7 Å². The van der Waals surface area contributed by atoms with E-state index in [1.54, 1.807) is 11.8 Å². The molecule has 0 aromatic carbocycles. The highest BCUT2D eigenvalue weighted by molar-refractivity contribution is 7.99. The molecule has 1 atom stereocenters. The number of carbonyl (C=O) groups excluding carboxylic acids is 1. The molecule has 92 valence electrons.